The number of hydrogen-bond donors (Lipinski definition) is 0. The molecule has 144 valence electrons. The molecular formula is C21H20F2N4O. The maximum Gasteiger partial charge on any atom is 0.261 e. The molecule has 2 bridgehead atoms. The van der Waals surface area contributed by atoms with E-state index in [-0.39, 0.29) is 16.9 Å². The third-order valence-electron chi connectivity index (χ3n) is 6.10. The van der Waals surface area contributed by atoms with Gasteiger partial charge in [0.15, 0.2) is 11.6 Å². The summed E-state index contributed by atoms with van der Waals surface area (Å²) in [7, 11) is 3.68. The van der Waals surface area contributed by atoms with Gasteiger partial charge in [-0.3, -0.25) is 14.3 Å². The molecule has 3 aromatic rings. The Morgan fingerprint density at radius 1 is 1.07 bits per heavy atom. The van der Waals surface area contributed by atoms with E-state index in [1.165, 1.54) is 23.7 Å². The zero-order valence-corrected chi connectivity index (χ0v) is 15.7. The molecule has 5 rings (SSSR count). The van der Waals surface area contributed by atoms with E-state index in [0.717, 1.165) is 31.3 Å². The summed E-state index contributed by atoms with van der Waals surface area (Å²) in [4.78, 5) is 22.2. The van der Waals surface area contributed by atoms with E-state index < -0.39 is 11.6 Å². The predicted octanol–water partition coefficient (Wildman–Crippen LogP) is 2.77. The third-order valence-corrected chi connectivity index (χ3v) is 6.10. The zero-order chi connectivity index (χ0) is 19.6. The number of likely N-dealkylation sites (N-methyl/N-ethyl adjacent to an activating group) is 1. The van der Waals surface area contributed by atoms with E-state index in [2.05, 4.69) is 21.8 Å². The van der Waals surface area contributed by atoms with Gasteiger partial charge in [-0.25, -0.2) is 13.8 Å². The Bertz CT molecular complexity index is 1160. The van der Waals surface area contributed by atoms with E-state index in [0.29, 0.717) is 23.0 Å². The van der Waals surface area contributed by atoms with Crippen molar-refractivity contribution in [2.45, 2.75) is 18.5 Å². The fourth-order valence-corrected chi connectivity index (χ4v) is 4.54. The average Bonchev–Trinajstić information content (AvgIpc) is 3.26. The van der Waals surface area contributed by atoms with Gasteiger partial charge in [0, 0.05) is 37.9 Å². The highest BCUT2D eigenvalue weighted by Crippen LogP contribution is 2.34. The van der Waals surface area contributed by atoms with Crippen LogP contribution in [0, 0.1) is 11.6 Å². The second-order valence-electron chi connectivity index (χ2n) is 7.74. The SMILES string of the molecule is CN1C[C@@H]2C[C@H]1CN2c1ccc2nc(-c3cccc(F)c3F)n(C)c(=O)c2c1. The fraction of sp³-hybridized carbons (Fsp3) is 0.333. The lowest BCUT2D eigenvalue weighted by Gasteiger charge is -2.33. The second-order valence-corrected chi connectivity index (χ2v) is 7.74. The Balaban J connectivity index is 1.62. The molecule has 28 heavy (non-hydrogen) atoms. The van der Waals surface area contributed by atoms with Gasteiger partial charge >= 0.3 is 0 Å². The molecule has 2 aromatic carbocycles. The molecule has 0 amide bonds. The first-order valence-corrected chi connectivity index (χ1v) is 9.36. The molecule has 0 radical (unpaired) electrons. The molecule has 0 saturated carbocycles. The van der Waals surface area contributed by atoms with Gasteiger partial charge in [-0.2, -0.15) is 0 Å². The molecule has 2 aliphatic heterocycles. The standard InChI is InChI=1S/C21H20F2N4O/c1-25-10-14-8-13(25)11-27(14)12-6-7-18-16(9-12)21(28)26(2)20(24-18)15-4-3-5-17(22)19(15)23/h3-7,9,13-14H,8,10-11H2,1-2H3/t13-,14-/m0/s1. The largest absolute Gasteiger partial charge is 0.366 e. The topological polar surface area (TPSA) is 41.4 Å². The summed E-state index contributed by atoms with van der Waals surface area (Å²) in [5.41, 5.74) is 1.20. The number of aromatic nitrogens is 2. The molecule has 0 aliphatic carbocycles. The van der Waals surface area contributed by atoms with Crippen molar-refractivity contribution in [2.75, 3.05) is 25.0 Å². The van der Waals surface area contributed by atoms with Crippen molar-refractivity contribution in [2.24, 2.45) is 7.05 Å². The molecule has 3 heterocycles. The minimum Gasteiger partial charge on any atom is -0.366 e. The summed E-state index contributed by atoms with van der Waals surface area (Å²) in [6.07, 6.45) is 1.14. The molecule has 1 aromatic heterocycles. The molecule has 2 fully saturated rings. The molecule has 2 aliphatic rings. The summed E-state index contributed by atoms with van der Waals surface area (Å²) in [5.74, 6) is -1.85. The van der Waals surface area contributed by atoms with Crippen molar-refractivity contribution in [3.05, 3.63) is 58.4 Å². The Hall–Kier alpha value is -2.80. The van der Waals surface area contributed by atoms with Crippen LogP contribution >= 0.6 is 0 Å². The zero-order valence-electron chi connectivity index (χ0n) is 15.7. The van der Waals surface area contributed by atoms with Crippen LogP contribution < -0.4 is 10.5 Å². The number of anilines is 1. The van der Waals surface area contributed by atoms with Crippen molar-refractivity contribution in [1.29, 1.82) is 0 Å². The van der Waals surface area contributed by atoms with Crippen LogP contribution in [0.25, 0.3) is 22.3 Å². The van der Waals surface area contributed by atoms with E-state index >= 15 is 0 Å². The first kappa shape index (κ1) is 17.3. The Kier molecular flexibility index (Phi) is 3.77. The molecule has 0 unspecified atom stereocenters. The first-order valence-electron chi connectivity index (χ1n) is 9.36. The lowest BCUT2D eigenvalue weighted by molar-refractivity contribution is 0.292. The average molecular weight is 382 g/mol. The molecule has 2 atom stereocenters. The molecule has 2 saturated heterocycles. The highest BCUT2D eigenvalue weighted by Gasteiger charge is 2.41. The van der Waals surface area contributed by atoms with E-state index in [4.69, 9.17) is 0 Å². The van der Waals surface area contributed by atoms with Gasteiger partial charge in [0.1, 0.15) is 5.82 Å². The van der Waals surface area contributed by atoms with Crippen LogP contribution in [0.3, 0.4) is 0 Å². The minimum absolute atomic E-state index is 0.0227. The molecular weight excluding hydrogens is 362 g/mol. The van der Waals surface area contributed by atoms with Gasteiger partial charge in [0.05, 0.1) is 16.5 Å². The third kappa shape index (κ3) is 2.46. The van der Waals surface area contributed by atoms with Crippen LogP contribution in [0.1, 0.15) is 6.42 Å². The van der Waals surface area contributed by atoms with E-state index in [9.17, 15) is 13.6 Å². The quantitative estimate of drug-likeness (QED) is 0.684. The summed E-state index contributed by atoms with van der Waals surface area (Å²) < 4.78 is 29.2. The highest BCUT2D eigenvalue weighted by atomic mass is 19.2. The number of benzene rings is 2. The fourth-order valence-electron chi connectivity index (χ4n) is 4.54. The van der Waals surface area contributed by atoms with E-state index in [1.54, 1.807) is 6.07 Å². The number of nitrogens with zero attached hydrogens (tertiary/aromatic N) is 4. The lowest BCUT2D eigenvalue weighted by Crippen LogP contribution is -2.44. The second kappa shape index (κ2) is 6.10. The number of halogens is 2. The summed E-state index contributed by atoms with van der Waals surface area (Å²) in [6, 6.07) is 10.5. The van der Waals surface area contributed by atoms with Crippen LogP contribution in [0.15, 0.2) is 41.2 Å². The highest BCUT2D eigenvalue weighted by molar-refractivity contribution is 5.83. The summed E-state index contributed by atoms with van der Waals surface area (Å²) in [5, 5.41) is 0.483. The minimum atomic E-state index is -1.00. The van der Waals surface area contributed by atoms with Gasteiger partial charge < -0.3 is 4.90 Å². The smallest absolute Gasteiger partial charge is 0.261 e. The molecule has 0 N–H and O–H groups in total. The van der Waals surface area contributed by atoms with Crippen LogP contribution in [-0.4, -0.2) is 46.7 Å². The first-order chi connectivity index (χ1) is 13.4. The molecule has 5 nitrogen and oxygen atoms in total. The molecule has 7 heteroatoms. The van der Waals surface area contributed by atoms with Crippen LogP contribution in [0.2, 0.25) is 0 Å². The maximum absolute atomic E-state index is 14.2. The number of fused-ring (bicyclic) bond motifs is 3. The Labute approximate surface area is 160 Å². The monoisotopic (exact) mass is 382 g/mol. The normalized spacial score (nSPS) is 21.8. The summed E-state index contributed by atoms with van der Waals surface area (Å²) in [6.45, 7) is 1.98. The number of likely N-dealkylation sites (tertiary alicyclic amines) is 1. The molecule has 0 spiro atoms. The number of rotatable bonds is 2. The van der Waals surface area contributed by atoms with Gasteiger partial charge in [-0.1, -0.05) is 6.07 Å². The Morgan fingerprint density at radius 2 is 1.89 bits per heavy atom. The van der Waals surface area contributed by atoms with Crippen molar-refractivity contribution < 1.29 is 8.78 Å². The number of piperazine rings is 1. The van der Waals surface area contributed by atoms with Gasteiger partial charge in [0.2, 0.25) is 0 Å². The van der Waals surface area contributed by atoms with Crippen molar-refractivity contribution in [3.63, 3.8) is 0 Å². The van der Waals surface area contributed by atoms with Gasteiger partial charge in [-0.15, -0.1) is 0 Å². The van der Waals surface area contributed by atoms with Gasteiger partial charge in [0.25, 0.3) is 5.56 Å². The summed E-state index contributed by atoms with van der Waals surface area (Å²) >= 11 is 0. The number of hydrogen-bond acceptors (Lipinski definition) is 4. The van der Waals surface area contributed by atoms with Crippen molar-refractivity contribution in [3.8, 4) is 11.4 Å². The van der Waals surface area contributed by atoms with Crippen molar-refractivity contribution >= 4 is 16.6 Å². The lowest BCUT2D eigenvalue weighted by atomic mass is 10.1. The maximum atomic E-state index is 14.2. The van der Waals surface area contributed by atoms with Crippen LogP contribution in [0.5, 0.6) is 0 Å². The van der Waals surface area contributed by atoms with Gasteiger partial charge in [-0.05, 0) is 43.8 Å². The van der Waals surface area contributed by atoms with Crippen LogP contribution in [-0.2, 0) is 7.05 Å². The Morgan fingerprint density at radius 3 is 2.61 bits per heavy atom. The van der Waals surface area contributed by atoms with Crippen molar-refractivity contribution in [1.82, 2.24) is 14.5 Å². The predicted molar refractivity (Wildman–Crippen MR) is 105 cm³/mol. The van der Waals surface area contributed by atoms with E-state index in [1.807, 2.05) is 12.1 Å². The van der Waals surface area contributed by atoms with Crippen LogP contribution in [0.4, 0.5) is 14.5 Å².